The number of nitrogens with zero attached hydrogens (tertiary/aromatic N) is 1. The van der Waals surface area contributed by atoms with Crippen molar-refractivity contribution < 1.29 is 12.3 Å². The maximum absolute atomic E-state index is 9.71. The highest BCUT2D eigenvalue weighted by molar-refractivity contribution is 5.96. The van der Waals surface area contributed by atoms with E-state index in [0.717, 1.165) is 61.2 Å². The van der Waals surface area contributed by atoms with Gasteiger partial charge in [0, 0.05) is 22.5 Å². The average molecular weight is 685 g/mol. The Morgan fingerprint density at radius 2 is 0.792 bits per heavy atom. The summed E-state index contributed by atoms with van der Waals surface area (Å²) in [4.78, 5) is 1.80. The summed E-state index contributed by atoms with van der Waals surface area (Å²) in [6, 6.07) is 41.3. The van der Waals surface area contributed by atoms with E-state index < -0.39 is 65.2 Å². The van der Waals surface area contributed by atoms with Gasteiger partial charge in [0.15, 0.2) is 0 Å². The van der Waals surface area contributed by atoms with Crippen molar-refractivity contribution >= 4 is 17.1 Å². The number of hydrogen-bond donors (Lipinski definition) is 0. The van der Waals surface area contributed by atoms with Crippen molar-refractivity contribution in [2.75, 3.05) is 4.90 Å². The first-order chi connectivity index (χ1) is 29.8. The molecule has 8 aromatic carbocycles. The second-order valence-corrected chi connectivity index (χ2v) is 14.6. The molecule has 11 rings (SSSR count). The summed E-state index contributed by atoms with van der Waals surface area (Å²) >= 11 is 0. The van der Waals surface area contributed by atoms with Gasteiger partial charge in [0.25, 0.3) is 0 Å². The van der Waals surface area contributed by atoms with E-state index in [2.05, 4.69) is 123 Å². The van der Waals surface area contributed by atoms with Gasteiger partial charge in [-0.25, -0.2) is 0 Å². The van der Waals surface area contributed by atoms with Crippen molar-refractivity contribution in [3.05, 3.63) is 221 Å². The molecule has 0 fully saturated rings. The van der Waals surface area contributed by atoms with Crippen LogP contribution in [0, 0.1) is 0 Å². The third kappa shape index (κ3) is 4.08. The molecule has 53 heavy (non-hydrogen) atoms. The summed E-state index contributed by atoms with van der Waals surface area (Å²) in [5.74, 6) is 0. The van der Waals surface area contributed by atoms with Gasteiger partial charge in [-0.3, -0.25) is 0 Å². The molecule has 3 aliphatic carbocycles. The Balaban J connectivity index is 1.21. The SMILES string of the molecule is [2H]c1c([2H])c([2H])c(-c2c([2H])c([2H])c(N(c3ccc4c(c3)C(C)(C)c3ccccc3-4)c3ccc4c(c3)C3(c5ccccc5-c5ccccc53)c3ccccc3-4)c([2H])c2[2H])c([2H])c1[2H]. The normalized spacial score (nSPS) is 16.9. The second kappa shape index (κ2) is 11.0. The van der Waals surface area contributed by atoms with Crippen LogP contribution in [0.2, 0.25) is 0 Å². The van der Waals surface area contributed by atoms with Gasteiger partial charge in [0.05, 0.1) is 17.8 Å². The number of anilines is 3. The van der Waals surface area contributed by atoms with E-state index in [-0.39, 0.29) is 16.8 Å². The first-order valence-electron chi connectivity index (χ1n) is 22.5. The maximum Gasteiger partial charge on any atom is 0.0726 e. The summed E-state index contributed by atoms with van der Waals surface area (Å²) in [7, 11) is 0. The van der Waals surface area contributed by atoms with Crippen molar-refractivity contribution in [1.82, 2.24) is 0 Å². The molecule has 1 nitrogen and oxygen atoms in total. The minimum Gasteiger partial charge on any atom is -0.310 e. The van der Waals surface area contributed by atoms with E-state index in [4.69, 9.17) is 6.85 Å². The third-order valence-corrected chi connectivity index (χ3v) is 11.6. The number of fused-ring (bicyclic) bond motifs is 13. The molecule has 8 aromatic rings. The first-order valence-corrected chi connectivity index (χ1v) is 18.0. The van der Waals surface area contributed by atoms with Crippen molar-refractivity contribution in [3.63, 3.8) is 0 Å². The smallest absolute Gasteiger partial charge is 0.0726 e. The van der Waals surface area contributed by atoms with Crippen LogP contribution in [-0.4, -0.2) is 0 Å². The summed E-state index contributed by atoms with van der Waals surface area (Å²) < 4.78 is 80.6. The van der Waals surface area contributed by atoms with E-state index >= 15 is 0 Å². The Morgan fingerprint density at radius 1 is 0.377 bits per heavy atom. The van der Waals surface area contributed by atoms with Crippen molar-refractivity contribution in [3.8, 4) is 44.5 Å². The molecule has 0 amide bonds. The molecule has 0 heterocycles. The Bertz CT molecular complexity index is 3180. The quantitative estimate of drug-likeness (QED) is 0.178. The first kappa shape index (κ1) is 22.5. The Kier molecular flexibility index (Phi) is 4.68. The van der Waals surface area contributed by atoms with E-state index in [0.29, 0.717) is 11.4 Å². The lowest BCUT2D eigenvalue weighted by Gasteiger charge is -2.32. The minimum absolute atomic E-state index is 0.0267. The molecule has 0 saturated heterocycles. The van der Waals surface area contributed by atoms with Crippen LogP contribution in [0.1, 0.15) is 59.6 Å². The number of hydrogen-bond acceptors (Lipinski definition) is 1. The van der Waals surface area contributed by atoms with Gasteiger partial charge in [-0.05, 0) is 114 Å². The summed E-state index contributed by atoms with van der Waals surface area (Å²) in [6.45, 7) is 4.36. The molecule has 1 spiro atoms. The molecule has 3 aliphatic rings. The minimum atomic E-state index is -0.692. The second-order valence-electron chi connectivity index (χ2n) is 14.6. The summed E-state index contributed by atoms with van der Waals surface area (Å²) in [6.07, 6.45) is 0. The summed E-state index contributed by atoms with van der Waals surface area (Å²) in [5.41, 5.74) is 12.8. The van der Waals surface area contributed by atoms with E-state index in [9.17, 15) is 5.48 Å². The maximum atomic E-state index is 9.71. The van der Waals surface area contributed by atoms with Crippen LogP contribution in [0.3, 0.4) is 0 Å². The van der Waals surface area contributed by atoms with E-state index in [1.807, 2.05) is 24.3 Å². The topological polar surface area (TPSA) is 3.24 Å². The third-order valence-electron chi connectivity index (χ3n) is 11.6. The zero-order valence-electron chi connectivity index (χ0n) is 38.1. The standard InChI is InChI=1S/C52H37N/c1-51(2)45-20-10-6-16-39(45)43-30-28-37(32-49(43)51)53(36-26-24-35(25-27-36)34-14-4-3-5-15-34)38-29-31-44-42-19-9-13-23-48(42)52(50(44)33-38)46-21-11-7-17-40(46)41-18-8-12-22-47(41)52/h3-33H,1-2H3/i3D,4D,5D,14D,15D,24D,25D,26D,27D. The lowest BCUT2D eigenvalue weighted by atomic mass is 9.70. The Morgan fingerprint density at radius 3 is 1.34 bits per heavy atom. The van der Waals surface area contributed by atoms with Crippen LogP contribution < -0.4 is 4.90 Å². The predicted octanol–water partition coefficient (Wildman–Crippen LogP) is 13.5. The molecule has 0 aromatic heterocycles. The van der Waals surface area contributed by atoms with Gasteiger partial charge in [-0.15, -0.1) is 0 Å². The zero-order valence-corrected chi connectivity index (χ0v) is 29.1. The fraction of sp³-hybridized carbons (Fsp3) is 0.0769. The molecule has 0 N–H and O–H groups in total. The zero-order chi connectivity index (χ0) is 43.1. The van der Waals surface area contributed by atoms with Crippen molar-refractivity contribution in [2.24, 2.45) is 0 Å². The van der Waals surface area contributed by atoms with E-state index in [1.54, 1.807) is 4.90 Å². The highest BCUT2D eigenvalue weighted by Crippen LogP contribution is 2.63. The lowest BCUT2D eigenvalue weighted by molar-refractivity contribution is 0.660. The van der Waals surface area contributed by atoms with Crippen LogP contribution in [0.5, 0.6) is 0 Å². The van der Waals surface area contributed by atoms with Crippen LogP contribution in [0.25, 0.3) is 44.5 Å². The Hall–Kier alpha value is -6.44. The lowest BCUT2D eigenvalue weighted by Crippen LogP contribution is -2.26. The van der Waals surface area contributed by atoms with E-state index in [1.165, 1.54) is 5.56 Å². The fourth-order valence-electron chi connectivity index (χ4n) is 9.38. The number of rotatable bonds is 4. The predicted molar refractivity (Wildman–Crippen MR) is 220 cm³/mol. The molecule has 0 aliphatic heterocycles. The van der Waals surface area contributed by atoms with Gasteiger partial charge in [0.2, 0.25) is 0 Å². The molecule has 0 unspecified atom stereocenters. The average Bonchev–Trinajstić information content (AvgIpc) is 3.85. The highest BCUT2D eigenvalue weighted by atomic mass is 15.1. The molecule has 0 saturated carbocycles. The van der Waals surface area contributed by atoms with Crippen molar-refractivity contribution in [2.45, 2.75) is 24.7 Å². The van der Waals surface area contributed by atoms with Gasteiger partial charge < -0.3 is 4.90 Å². The molecular weight excluding hydrogens is 639 g/mol. The molecule has 0 bridgehead atoms. The molecule has 250 valence electrons. The number of benzene rings is 8. The van der Waals surface area contributed by atoms with Gasteiger partial charge in [0.1, 0.15) is 0 Å². The largest absolute Gasteiger partial charge is 0.310 e. The van der Waals surface area contributed by atoms with Gasteiger partial charge in [-0.1, -0.05) is 165 Å². The monoisotopic (exact) mass is 684 g/mol. The van der Waals surface area contributed by atoms with Crippen LogP contribution in [-0.2, 0) is 10.8 Å². The van der Waals surface area contributed by atoms with Crippen molar-refractivity contribution in [1.29, 1.82) is 0 Å². The fourth-order valence-corrected chi connectivity index (χ4v) is 9.38. The van der Waals surface area contributed by atoms with Crippen LogP contribution >= 0.6 is 0 Å². The molecule has 0 radical (unpaired) electrons. The van der Waals surface area contributed by atoms with Gasteiger partial charge >= 0.3 is 0 Å². The summed E-state index contributed by atoms with van der Waals surface area (Å²) in [5, 5.41) is 0. The van der Waals surface area contributed by atoms with Gasteiger partial charge in [-0.2, -0.15) is 0 Å². The molecule has 1 heteroatoms. The molecular formula is C52H37N. The Labute approximate surface area is 324 Å². The van der Waals surface area contributed by atoms with Crippen LogP contribution in [0.4, 0.5) is 17.1 Å². The molecule has 0 atom stereocenters. The highest BCUT2D eigenvalue weighted by Gasteiger charge is 2.51. The van der Waals surface area contributed by atoms with Crippen LogP contribution in [0.15, 0.2) is 188 Å².